The van der Waals surface area contributed by atoms with Crippen LogP contribution in [-0.4, -0.2) is 44.7 Å². The summed E-state index contributed by atoms with van der Waals surface area (Å²) < 4.78 is 5.53. The summed E-state index contributed by atoms with van der Waals surface area (Å²) in [5.41, 5.74) is 10.4. The SMILES string of the molecule is CC.CC.CC.CN.Cc1ccc(CC2CN(c3ccc(N4CCCCC4=O)cc3)C(=O)O2)s1.NC=O. The van der Waals surface area contributed by atoms with Gasteiger partial charge in [-0.25, -0.2) is 4.79 Å². The molecule has 3 amide bonds. The van der Waals surface area contributed by atoms with Gasteiger partial charge in [-0.15, -0.1) is 11.3 Å². The van der Waals surface area contributed by atoms with E-state index >= 15 is 0 Å². The number of thiophene rings is 1. The fourth-order valence-electron chi connectivity index (χ4n) is 3.55. The lowest BCUT2D eigenvalue weighted by atomic mass is 10.1. The smallest absolute Gasteiger partial charge is 0.414 e. The van der Waals surface area contributed by atoms with Gasteiger partial charge in [0.05, 0.1) is 6.54 Å². The molecular formula is C28H48N4O4S. The zero-order valence-corrected chi connectivity index (χ0v) is 24.8. The lowest BCUT2D eigenvalue weighted by molar-refractivity contribution is -0.119. The second-order valence-corrected chi connectivity index (χ2v) is 8.36. The van der Waals surface area contributed by atoms with Crippen LogP contribution in [0.25, 0.3) is 0 Å². The minimum Gasteiger partial charge on any atom is -0.444 e. The summed E-state index contributed by atoms with van der Waals surface area (Å²) in [6.07, 6.45) is 3.20. The maximum Gasteiger partial charge on any atom is 0.414 e. The number of aryl methyl sites for hydroxylation is 1. The fourth-order valence-corrected chi connectivity index (χ4v) is 4.50. The number of primary amides is 1. The zero-order valence-electron chi connectivity index (χ0n) is 24.0. The number of cyclic esters (lactones) is 1. The first-order valence-electron chi connectivity index (χ1n) is 13.2. The Morgan fingerprint density at radius 3 is 1.89 bits per heavy atom. The first-order valence-corrected chi connectivity index (χ1v) is 14.0. The molecule has 0 spiro atoms. The average molecular weight is 537 g/mol. The van der Waals surface area contributed by atoms with Crippen molar-refractivity contribution in [1.82, 2.24) is 0 Å². The predicted octanol–water partition coefficient (Wildman–Crippen LogP) is 5.90. The van der Waals surface area contributed by atoms with E-state index in [0.717, 1.165) is 37.2 Å². The molecule has 0 aliphatic carbocycles. The second kappa shape index (κ2) is 22.3. The summed E-state index contributed by atoms with van der Waals surface area (Å²) in [5.74, 6) is 0.177. The van der Waals surface area contributed by atoms with Crippen molar-refractivity contribution in [1.29, 1.82) is 0 Å². The highest BCUT2D eigenvalue weighted by Gasteiger charge is 2.32. The summed E-state index contributed by atoms with van der Waals surface area (Å²) in [7, 11) is 1.50. The lowest BCUT2D eigenvalue weighted by Crippen LogP contribution is -2.35. The van der Waals surface area contributed by atoms with E-state index in [1.165, 1.54) is 16.8 Å². The van der Waals surface area contributed by atoms with E-state index in [4.69, 9.17) is 9.53 Å². The van der Waals surface area contributed by atoms with Crippen molar-refractivity contribution in [2.75, 3.05) is 29.9 Å². The van der Waals surface area contributed by atoms with Gasteiger partial charge in [-0.2, -0.15) is 0 Å². The Hall–Kier alpha value is -2.91. The highest BCUT2D eigenvalue weighted by atomic mass is 32.1. The number of piperidine rings is 1. The zero-order chi connectivity index (χ0) is 28.8. The molecule has 3 heterocycles. The highest BCUT2D eigenvalue weighted by Crippen LogP contribution is 2.28. The Bertz CT molecular complexity index is 871. The Kier molecular flexibility index (Phi) is 21.8. The molecule has 1 atom stereocenters. The Morgan fingerprint density at radius 2 is 1.43 bits per heavy atom. The number of ether oxygens (including phenoxy) is 1. The molecule has 0 bridgehead atoms. The molecule has 1 aromatic heterocycles. The average Bonchev–Trinajstić information content (AvgIpc) is 3.54. The third-order valence-corrected chi connectivity index (χ3v) is 5.92. The van der Waals surface area contributed by atoms with Crippen LogP contribution in [0.4, 0.5) is 16.2 Å². The number of carbonyl (C=O) groups is 3. The van der Waals surface area contributed by atoms with Crippen LogP contribution in [0.5, 0.6) is 0 Å². The van der Waals surface area contributed by atoms with Crippen molar-refractivity contribution in [2.24, 2.45) is 11.5 Å². The van der Waals surface area contributed by atoms with Crippen molar-refractivity contribution in [3.8, 4) is 0 Å². The quantitative estimate of drug-likeness (QED) is 0.472. The van der Waals surface area contributed by atoms with Gasteiger partial charge < -0.3 is 21.1 Å². The maximum atomic E-state index is 12.3. The standard InChI is InChI=1S/C20H22N2O3S.3C2H6.CH3NO.CH5N/c1-14-5-10-18(26-14)12-17-13-22(20(24)25-17)16-8-6-15(7-9-16)21-11-3-2-4-19(21)23;3*1-2;2-1-3;1-2/h5-10,17H,2-4,11-13H2,1H3;3*1-2H3;1H,(H2,2,3);2H2,1H3. The number of nitrogens with zero attached hydrogens (tertiary/aromatic N) is 2. The molecule has 9 heteroatoms. The van der Waals surface area contributed by atoms with Crippen LogP contribution in [0, 0.1) is 6.92 Å². The minimum atomic E-state index is -0.301. The molecule has 0 radical (unpaired) electrons. The third kappa shape index (κ3) is 12.3. The van der Waals surface area contributed by atoms with Gasteiger partial charge in [0.1, 0.15) is 6.10 Å². The summed E-state index contributed by atoms with van der Waals surface area (Å²) in [6.45, 7) is 15.4. The molecule has 2 saturated heterocycles. The van der Waals surface area contributed by atoms with E-state index < -0.39 is 0 Å². The number of benzene rings is 1. The second-order valence-electron chi connectivity index (χ2n) is 6.99. The number of rotatable bonds is 4. The van der Waals surface area contributed by atoms with Crippen LogP contribution in [-0.2, 0) is 20.7 Å². The van der Waals surface area contributed by atoms with Crippen molar-refractivity contribution in [3.63, 3.8) is 0 Å². The van der Waals surface area contributed by atoms with E-state index in [-0.39, 0.29) is 24.5 Å². The Labute approximate surface area is 228 Å². The Balaban J connectivity index is 0. The van der Waals surface area contributed by atoms with Gasteiger partial charge in [0.2, 0.25) is 12.3 Å². The normalized spacial score (nSPS) is 15.4. The van der Waals surface area contributed by atoms with Crippen LogP contribution in [0.2, 0.25) is 0 Å². The predicted molar refractivity (Wildman–Crippen MR) is 157 cm³/mol. The van der Waals surface area contributed by atoms with Crippen molar-refractivity contribution in [2.45, 2.75) is 80.3 Å². The van der Waals surface area contributed by atoms with Gasteiger partial charge in [-0.05, 0) is 63.2 Å². The first-order chi connectivity index (χ1) is 18.0. The number of hydrogen-bond donors (Lipinski definition) is 2. The number of hydrogen-bond acceptors (Lipinski definition) is 6. The monoisotopic (exact) mass is 536 g/mol. The summed E-state index contributed by atoms with van der Waals surface area (Å²) in [5, 5.41) is 0. The molecule has 2 fully saturated rings. The molecule has 4 rings (SSSR count). The molecule has 2 aliphatic heterocycles. The first kappa shape index (κ1) is 36.2. The maximum absolute atomic E-state index is 12.3. The number of nitrogens with two attached hydrogens (primary N) is 2. The van der Waals surface area contributed by atoms with E-state index in [2.05, 4.69) is 30.5 Å². The topological polar surface area (TPSA) is 119 Å². The molecular weight excluding hydrogens is 488 g/mol. The van der Waals surface area contributed by atoms with E-state index in [1.807, 2.05) is 70.7 Å². The molecule has 0 saturated carbocycles. The van der Waals surface area contributed by atoms with Crippen LogP contribution in [0.3, 0.4) is 0 Å². The summed E-state index contributed by atoms with van der Waals surface area (Å²) in [4.78, 5) is 38.9. The Morgan fingerprint density at radius 1 is 0.919 bits per heavy atom. The minimum absolute atomic E-state index is 0.121. The third-order valence-electron chi connectivity index (χ3n) is 4.90. The molecule has 37 heavy (non-hydrogen) atoms. The van der Waals surface area contributed by atoms with Gasteiger partial charge in [0.15, 0.2) is 0 Å². The van der Waals surface area contributed by atoms with E-state index in [1.54, 1.807) is 16.2 Å². The van der Waals surface area contributed by atoms with Crippen molar-refractivity contribution >= 4 is 41.1 Å². The summed E-state index contributed by atoms with van der Waals surface area (Å²) >= 11 is 1.74. The van der Waals surface area contributed by atoms with Gasteiger partial charge in [-0.3, -0.25) is 14.5 Å². The van der Waals surface area contributed by atoms with Gasteiger partial charge in [0.25, 0.3) is 0 Å². The van der Waals surface area contributed by atoms with Crippen molar-refractivity contribution < 1.29 is 19.1 Å². The van der Waals surface area contributed by atoms with Crippen LogP contribution < -0.4 is 21.3 Å². The highest BCUT2D eigenvalue weighted by molar-refractivity contribution is 7.11. The molecule has 1 unspecified atom stereocenters. The lowest BCUT2D eigenvalue weighted by Gasteiger charge is -2.27. The molecule has 210 valence electrons. The number of carbonyl (C=O) groups excluding carboxylic acids is 3. The van der Waals surface area contributed by atoms with Crippen LogP contribution in [0.1, 0.15) is 70.6 Å². The molecule has 8 nitrogen and oxygen atoms in total. The van der Waals surface area contributed by atoms with Crippen LogP contribution in [0.15, 0.2) is 36.4 Å². The number of anilines is 2. The van der Waals surface area contributed by atoms with E-state index in [0.29, 0.717) is 13.0 Å². The van der Waals surface area contributed by atoms with Gasteiger partial charge in [-0.1, -0.05) is 41.5 Å². The van der Waals surface area contributed by atoms with Gasteiger partial charge in [0, 0.05) is 40.5 Å². The van der Waals surface area contributed by atoms with E-state index in [9.17, 15) is 9.59 Å². The fraction of sp³-hybridized carbons (Fsp3) is 0.536. The molecule has 4 N–H and O–H groups in total. The largest absolute Gasteiger partial charge is 0.444 e. The number of amides is 3. The van der Waals surface area contributed by atoms with Crippen LogP contribution >= 0.6 is 11.3 Å². The van der Waals surface area contributed by atoms with Crippen molar-refractivity contribution in [3.05, 3.63) is 46.2 Å². The van der Waals surface area contributed by atoms with Gasteiger partial charge >= 0.3 is 6.09 Å². The molecule has 1 aromatic carbocycles. The summed E-state index contributed by atoms with van der Waals surface area (Å²) in [6, 6.07) is 11.8. The molecule has 2 aromatic rings. The molecule has 2 aliphatic rings.